The van der Waals surface area contributed by atoms with Crippen LogP contribution in [0.2, 0.25) is 15.3 Å². The molecule has 0 spiro atoms. The first kappa shape index (κ1) is 21.7. The number of nitrogens with one attached hydrogen (secondary N) is 2. The van der Waals surface area contributed by atoms with E-state index in [2.05, 4.69) is 15.6 Å². The smallest absolute Gasteiger partial charge is 0.245 e. The van der Waals surface area contributed by atoms with Crippen LogP contribution >= 0.6 is 34.8 Å². The van der Waals surface area contributed by atoms with Crippen molar-refractivity contribution in [3.63, 3.8) is 0 Å². The molecule has 1 aliphatic rings. The molecule has 0 radical (unpaired) electrons. The van der Waals surface area contributed by atoms with E-state index < -0.39 is 41.0 Å². The van der Waals surface area contributed by atoms with Crippen molar-refractivity contribution in [3.8, 4) is 0 Å². The van der Waals surface area contributed by atoms with Crippen molar-refractivity contribution in [1.82, 2.24) is 10.3 Å². The number of aliphatic hydroxyl groups excluding tert-OH is 1. The first-order valence-electron chi connectivity index (χ1n) is 8.57. The number of nitrogens with zero attached hydrogens (tertiary/aromatic N) is 2. The summed E-state index contributed by atoms with van der Waals surface area (Å²) in [4.78, 5) is 28.4. The van der Waals surface area contributed by atoms with Crippen molar-refractivity contribution < 1.29 is 14.8 Å². The van der Waals surface area contributed by atoms with E-state index in [-0.39, 0.29) is 10.3 Å². The third kappa shape index (κ3) is 4.31. The molecule has 154 valence electrons. The molecule has 1 fully saturated rings. The third-order valence-electron chi connectivity index (χ3n) is 5.00. The minimum absolute atomic E-state index is 0.0413. The lowest BCUT2D eigenvalue weighted by Gasteiger charge is -2.30. The number of pyridine rings is 1. The fraction of sp³-hybridized carbons (Fsp3) is 0.333. The topological polar surface area (TPSA) is 117 Å². The summed E-state index contributed by atoms with van der Waals surface area (Å²) in [5.74, 6) is -1.51. The number of halogens is 3. The number of amides is 1. The predicted octanol–water partition coefficient (Wildman–Crippen LogP) is 3.13. The monoisotopic (exact) mass is 458 g/mol. The Balaban J connectivity index is 2.07. The zero-order chi connectivity index (χ0) is 21.3. The number of aromatic nitrogens is 1. The Morgan fingerprint density at radius 1 is 1.31 bits per heavy atom. The van der Waals surface area contributed by atoms with Gasteiger partial charge in [0.15, 0.2) is 0 Å². The quantitative estimate of drug-likeness (QED) is 0.359. The van der Waals surface area contributed by atoms with Crippen molar-refractivity contribution in [2.75, 3.05) is 11.9 Å². The summed E-state index contributed by atoms with van der Waals surface area (Å²) in [5.41, 5.74) is -0.661. The van der Waals surface area contributed by atoms with Gasteiger partial charge in [-0.2, -0.15) is 0 Å². The van der Waals surface area contributed by atoms with Gasteiger partial charge in [0.2, 0.25) is 11.9 Å². The Kier molecular flexibility index (Phi) is 6.30. The average Bonchev–Trinajstić information content (AvgIpc) is 2.95. The SMILES string of the molecule is C[C@@]1(C(=O)Nc2cccc(Cl)c2)N[C@@H](CO)[C@@H]([N+](=O)[O-])[C@@H]1c1cc(Cl)nc(Cl)c1. The van der Waals surface area contributed by atoms with E-state index in [1.165, 1.54) is 19.1 Å². The van der Waals surface area contributed by atoms with Crippen molar-refractivity contribution >= 4 is 46.4 Å². The lowest BCUT2D eigenvalue weighted by atomic mass is 9.78. The van der Waals surface area contributed by atoms with Crippen LogP contribution in [0.15, 0.2) is 36.4 Å². The van der Waals surface area contributed by atoms with Crippen LogP contribution < -0.4 is 10.6 Å². The van der Waals surface area contributed by atoms with Crippen molar-refractivity contribution in [1.29, 1.82) is 0 Å². The lowest BCUT2D eigenvalue weighted by molar-refractivity contribution is -0.527. The van der Waals surface area contributed by atoms with Crippen molar-refractivity contribution in [3.05, 3.63) is 67.4 Å². The third-order valence-corrected chi connectivity index (χ3v) is 5.62. The highest BCUT2D eigenvalue weighted by molar-refractivity contribution is 6.32. The number of hydrogen-bond donors (Lipinski definition) is 3. The van der Waals surface area contributed by atoms with Crippen LogP contribution in [0.1, 0.15) is 18.4 Å². The molecule has 1 aromatic heterocycles. The molecule has 3 rings (SSSR count). The Labute approximate surface area is 181 Å². The van der Waals surface area contributed by atoms with Crippen LogP contribution in [-0.4, -0.2) is 45.2 Å². The van der Waals surface area contributed by atoms with E-state index in [1.54, 1.807) is 24.3 Å². The Morgan fingerprint density at radius 2 is 1.97 bits per heavy atom. The molecule has 29 heavy (non-hydrogen) atoms. The zero-order valence-electron chi connectivity index (χ0n) is 15.1. The molecule has 2 aromatic rings. The number of nitro groups is 1. The van der Waals surface area contributed by atoms with E-state index in [0.29, 0.717) is 16.3 Å². The number of carbonyl (C=O) groups is 1. The first-order chi connectivity index (χ1) is 13.7. The highest BCUT2D eigenvalue weighted by Crippen LogP contribution is 2.42. The highest BCUT2D eigenvalue weighted by Gasteiger charge is 2.61. The van der Waals surface area contributed by atoms with Gasteiger partial charge >= 0.3 is 0 Å². The fourth-order valence-electron chi connectivity index (χ4n) is 3.78. The van der Waals surface area contributed by atoms with Gasteiger partial charge in [-0.15, -0.1) is 0 Å². The minimum atomic E-state index is -1.46. The van der Waals surface area contributed by atoms with Crippen LogP contribution in [-0.2, 0) is 4.79 Å². The minimum Gasteiger partial charge on any atom is -0.394 e. The molecule has 2 heterocycles. The van der Waals surface area contributed by atoms with E-state index in [1.807, 2.05) is 0 Å². The summed E-state index contributed by atoms with van der Waals surface area (Å²) < 4.78 is 0. The molecule has 11 heteroatoms. The summed E-state index contributed by atoms with van der Waals surface area (Å²) in [5, 5.41) is 27.7. The van der Waals surface area contributed by atoms with Crippen LogP contribution in [0, 0.1) is 10.1 Å². The summed E-state index contributed by atoms with van der Waals surface area (Å²) in [6.45, 7) is 1.00. The van der Waals surface area contributed by atoms with Gasteiger partial charge in [-0.3, -0.25) is 20.2 Å². The number of rotatable bonds is 5. The number of hydrogen-bond acceptors (Lipinski definition) is 6. The predicted molar refractivity (Wildman–Crippen MR) is 110 cm³/mol. The molecule has 0 saturated carbocycles. The molecule has 1 amide bonds. The normalized spacial score (nSPS) is 26.3. The molecule has 0 aliphatic carbocycles. The summed E-state index contributed by atoms with van der Waals surface area (Å²) in [7, 11) is 0. The molecule has 1 aromatic carbocycles. The van der Waals surface area contributed by atoms with Gasteiger partial charge in [0.25, 0.3) is 0 Å². The van der Waals surface area contributed by atoms with Gasteiger partial charge in [-0.25, -0.2) is 4.98 Å². The Morgan fingerprint density at radius 3 is 2.52 bits per heavy atom. The van der Waals surface area contributed by atoms with E-state index in [0.717, 1.165) is 0 Å². The maximum Gasteiger partial charge on any atom is 0.245 e. The molecule has 0 bridgehead atoms. The average molecular weight is 460 g/mol. The molecule has 0 unspecified atom stereocenters. The second-order valence-corrected chi connectivity index (χ2v) is 8.11. The van der Waals surface area contributed by atoms with Crippen LogP contribution in [0.25, 0.3) is 0 Å². The van der Waals surface area contributed by atoms with Gasteiger partial charge in [-0.1, -0.05) is 40.9 Å². The maximum atomic E-state index is 13.2. The standard InChI is InChI=1S/C18H17Cl3N4O4/c1-18(17(27)22-11-4-2-3-10(19)7-11)15(9-5-13(20)23-14(21)6-9)16(25(28)29)12(8-26)24-18/h2-7,12,15-16,24,26H,8H2,1H3,(H,22,27)/t12-,15-,16+,18+/m0/s1. The number of benzene rings is 1. The van der Waals surface area contributed by atoms with Crippen LogP contribution in [0.5, 0.6) is 0 Å². The molecular weight excluding hydrogens is 443 g/mol. The highest BCUT2D eigenvalue weighted by atomic mass is 35.5. The number of aliphatic hydroxyl groups is 1. The largest absolute Gasteiger partial charge is 0.394 e. The molecule has 8 nitrogen and oxygen atoms in total. The lowest BCUT2D eigenvalue weighted by Crippen LogP contribution is -2.53. The molecule has 3 N–H and O–H groups in total. The Hall–Kier alpha value is -1.97. The van der Waals surface area contributed by atoms with Gasteiger partial charge < -0.3 is 10.4 Å². The van der Waals surface area contributed by atoms with Crippen LogP contribution in [0.3, 0.4) is 0 Å². The van der Waals surface area contributed by atoms with Crippen molar-refractivity contribution in [2.45, 2.75) is 30.5 Å². The molecule has 1 saturated heterocycles. The maximum absolute atomic E-state index is 13.2. The zero-order valence-corrected chi connectivity index (χ0v) is 17.4. The van der Waals surface area contributed by atoms with E-state index >= 15 is 0 Å². The Bertz CT molecular complexity index is 940. The summed E-state index contributed by atoms with van der Waals surface area (Å²) in [6.07, 6.45) is 0. The number of carbonyl (C=O) groups excluding carboxylic acids is 1. The summed E-state index contributed by atoms with van der Waals surface area (Å²) in [6, 6.07) is 7.12. The van der Waals surface area contributed by atoms with Crippen LogP contribution in [0.4, 0.5) is 5.69 Å². The van der Waals surface area contributed by atoms with Gasteiger partial charge in [-0.05, 0) is 42.8 Å². The van der Waals surface area contributed by atoms with Gasteiger partial charge in [0.1, 0.15) is 15.8 Å². The first-order valence-corrected chi connectivity index (χ1v) is 9.71. The molecular formula is C18H17Cl3N4O4. The fourth-order valence-corrected chi connectivity index (χ4v) is 4.45. The second kappa shape index (κ2) is 8.41. The molecule has 1 aliphatic heterocycles. The molecule has 4 atom stereocenters. The van der Waals surface area contributed by atoms with Gasteiger partial charge in [0.05, 0.1) is 18.6 Å². The second-order valence-electron chi connectivity index (χ2n) is 6.90. The van der Waals surface area contributed by atoms with Crippen molar-refractivity contribution in [2.24, 2.45) is 0 Å². The van der Waals surface area contributed by atoms with E-state index in [9.17, 15) is 20.0 Å². The van der Waals surface area contributed by atoms with Gasteiger partial charge in [0, 0.05) is 15.6 Å². The summed E-state index contributed by atoms with van der Waals surface area (Å²) >= 11 is 18.0. The van der Waals surface area contributed by atoms with E-state index in [4.69, 9.17) is 34.8 Å². The number of anilines is 1.